The molecule has 7 nitrogen and oxygen atoms in total. The Kier molecular flexibility index (Phi) is 5.94. The van der Waals surface area contributed by atoms with Gasteiger partial charge >= 0.3 is 0 Å². The van der Waals surface area contributed by atoms with Gasteiger partial charge in [0.1, 0.15) is 11.1 Å². The molecule has 138 valence electrons. The van der Waals surface area contributed by atoms with Crippen molar-refractivity contribution in [3.05, 3.63) is 56.2 Å². The molecule has 3 rings (SSSR count). The molecule has 1 amide bonds. The topological polar surface area (TPSA) is 109 Å². The number of hydrogen-bond donors (Lipinski definition) is 1. The number of nitrogens with zero attached hydrogens (tertiary/aromatic N) is 3. The third-order valence-electron chi connectivity index (χ3n) is 4.16. The number of anilines is 1. The van der Waals surface area contributed by atoms with Crippen molar-refractivity contribution in [2.24, 2.45) is 0 Å². The van der Waals surface area contributed by atoms with Crippen LogP contribution in [0.3, 0.4) is 0 Å². The fourth-order valence-electron chi connectivity index (χ4n) is 2.84. The number of carbonyl (C=O) groups is 1. The maximum atomic E-state index is 12.2. The number of pyridine rings is 1. The molecule has 1 aliphatic carbocycles. The summed E-state index contributed by atoms with van der Waals surface area (Å²) < 4.78 is 0. The van der Waals surface area contributed by atoms with Crippen LogP contribution in [0.1, 0.15) is 29.7 Å². The number of aryl methyl sites for hydroxylation is 2. The van der Waals surface area contributed by atoms with Gasteiger partial charge in [0.25, 0.3) is 5.69 Å². The largest absolute Gasteiger partial charge is 0.324 e. The quantitative estimate of drug-likeness (QED) is 0.457. The van der Waals surface area contributed by atoms with E-state index in [0.29, 0.717) is 16.3 Å². The van der Waals surface area contributed by atoms with Crippen LogP contribution in [0.25, 0.3) is 0 Å². The lowest BCUT2D eigenvalue weighted by Gasteiger charge is -2.16. The number of non-ortho nitro benzene ring substituents is 1. The van der Waals surface area contributed by atoms with Crippen molar-refractivity contribution in [1.82, 2.24) is 4.98 Å². The first-order valence-electron chi connectivity index (χ1n) is 8.27. The molecule has 0 aliphatic heterocycles. The Morgan fingerprint density at radius 2 is 2.15 bits per heavy atom. The molecule has 0 spiro atoms. The molecule has 1 aromatic carbocycles. The highest BCUT2D eigenvalue weighted by Gasteiger charge is 2.17. The lowest BCUT2D eigenvalue weighted by atomic mass is 9.95. The normalized spacial score (nSPS) is 12.7. The van der Waals surface area contributed by atoms with Crippen molar-refractivity contribution in [1.29, 1.82) is 5.26 Å². The predicted octanol–water partition coefficient (Wildman–Crippen LogP) is 4.12. The van der Waals surface area contributed by atoms with Crippen molar-refractivity contribution in [3.8, 4) is 6.07 Å². The van der Waals surface area contributed by atoms with E-state index in [-0.39, 0.29) is 22.4 Å². The Bertz CT molecular complexity index is 958. The van der Waals surface area contributed by atoms with Gasteiger partial charge in [0.15, 0.2) is 0 Å². The lowest BCUT2D eigenvalue weighted by Crippen LogP contribution is -2.15. The zero-order valence-corrected chi connectivity index (χ0v) is 15.8. The number of hydrogen-bond acceptors (Lipinski definition) is 6. The van der Waals surface area contributed by atoms with Gasteiger partial charge in [-0.05, 0) is 43.4 Å². The van der Waals surface area contributed by atoms with E-state index in [2.05, 4.69) is 16.4 Å². The highest BCUT2D eigenvalue weighted by atomic mass is 35.5. The number of rotatable bonds is 5. The molecular weight excluding hydrogens is 388 g/mol. The van der Waals surface area contributed by atoms with Crippen LogP contribution in [0.15, 0.2) is 29.3 Å². The number of amides is 1. The number of halogens is 1. The second-order valence-corrected chi connectivity index (χ2v) is 7.40. The van der Waals surface area contributed by atoms with Gasteiger partial charge in [0.2, 0.25) is 5.91 Å². The first-order chi connectivity index (χ1) is 13.0. The average Bonchev–Trinajstić information content (AvgIpc) is 2.67. The number of fused-ring (bicyclic) bond motifs is 1. The smallest absolute Gasteiger partial charge is 0.271 e. The zero-order valence-electron chi connectivity index (χ0n) is 14.2. The van der Waals surface area contributed by atoms with E-state index in [4.69, 9.17) is 11.6 Å². The van der Waals surface area contributed by atoms with Gasteiger partial charge in [-0.2, -0.15) is 5.26 Å². The van der Waals surface area contributed by atoms with Crippen LogP contribution in [0, 0.1) is 21.4 Å². The number of nitrogens with one attached hydrogen (secondary N) is 1. The molecule has 0 bridgehead atoms. The first-order valence-corrected chi connectivity index (χ1v) is 9.64. The minimum Gasteiger partial charge on any atom is -0.324 e. The Hall–Kier alpha value is -2.63. The highest BCUT2D eigenvalue weighted by molar-refractivity contribution is 8.00. The van der Waals surface area contributed by atoms with Crippen LogP contribution in [0.4, 0.5) is 11.4 Å². The molecule has 27 heavy (non-hydrogen) atoms. The molecule has 1 heterocycles. The maximum Gasteiger partial charge on any atom is 0.271 e. The van der Waals surface area contributed by atoms with E-state index in [1.807, 2.05) is 6.07 Å². The van der Waals surface area contributed by atoms with Gasteiger partial charge in [-0.25, -0.2) is 4.98 Å². The summed E-state index contributed by atoms with van der Waals surface area (Å²) in [6, 6.07) is 7.86. The third-order valence-corrected chi connectivity index (χ3v) is 5.47. The van der Waals surface area contributed by atoms with Gasteiger partial charge in [-0.3, -0.25) is 14.9 Å². The number of benzene rings is 1. The number of nitro groups is 1. The molecule has 0 saturated carbocycles. The maximum absolute atomic E-state index is 12.2. The summed E-state index contributed by atoms with van der Waals surface area (Å²) in [6.45, 7) is 0. The van der Waals surface area contributed by atoms with Crippen molar-refractivity contribution in [3.63, 3.8) is 0 Å². The van der Waals surface area contributed by atoms with Crippen LogP contribution >= 0.6 is 23.4 Å². The lowest BCUT2D eigenvalue weighted by molar-refractivity contribution is -0.384. The Morgan fingerprint density at radius 1 is 1.37 bits per heavy atom. The summed E-state index contributed by atoms with van der Waals surface area (Å²) in [5, 5.41) is 23.3. The van der Waals surface area contributed by atoms with E-state index in [0.717, 1.165) is 36.9 Å². The third kappa shape index (κ3) is 4.56. The Balaban J connectivity index is 1.67. The van der Waals surface area contributed by atoms with Crippen LogP contribution in [0.5, 0.6) is 0 Å². The number of carbonyl (C=O) groups excluding carboxylic acids is 1. The summed E-state index contributed by atoms with van der Waals surface area (Å²) in [7, 11) is 0. The summed E-state index contributed by atoms with van der Waals surface area (Å²) in [5.74, 6) is -0.285. The van der Waals surface area contributed by atoms with Crippen molar-refractivity contribution in [2.45, 2.75) is 30.7 Å². The van der Waals surface area contributed by atoms with Crippen LogP contribution < -0.4 is 5.32 Å². The number of nitro benzene ring substituents is 1. The monoisotopic (exact) mass is 402 g/mol. The van der Waals surface area contributed by atoms with Gasteiger partial charge in [-0.15, -0.1) is 0 Å². The van der Waals surface area contributed by atoms with E-state index in [1.165, 1.54) is 30.0 Å². The van der Waals surface area contributed by atoms with Crippen LogP contribution in [-0.2, 0) is 17.6 Å². The number of nitriles is 1. The van der Waals surface area contributed by atoms with E-state index in [1.54, 1.807) is 0 Å². The number of aromatic nitrogens is 1. The number of thioether (sulfide) groups is 1. The molecule has 1 aromatic heterocycles. The Labute approximate surface area is 164 Å². The molecule has 0 radical (unpaired) electrons. The van der Waals surface area contributed by atoms with Gasteiger partial charge in [-0.1, -0.05) is 23.4 Å². The average molecular weight is 403 g/mol. The molecule has 2 aromatic rings. The second kappa shape index (κ2) is 8.37. The standard InChI is InChI=1S/C18H15ClN4O3S/c19-14-8-13(23(25)26)5-6-16(14)21-17(24)10-27-18-12(9-20)7-11-3-1-2-4-15(11)22-18/h5-8H,1-4,10H2,(H,21,24). The fraction of sp³-hybridized carbons (Fsp3) is 0.278. The molecule has 1 aliphatic rings. The molecule has 0 atom stereocenters. The molecule has 0 fully saturated rings. The summed E-state index contributed by atoms with van der Waals surface area (Å²) >= 11 is 7.17. The fourth-order valence-corrected chi connectivity index (χ4v) is 3.84. The first kappa shape index (κ1) is 19.1. The van der Waals surface area contributed by atoms with E-state index in [9.17, 15) is 20.2 Å². The molecule has 0 saturated heterocycles. The summed E-state index contributed by atoms with van der Waals surface area (Å²) in [4.78, 5) is 27.0. The Morgan fingerprint density at radius 3 is 2.85 bits per heavy atom. The summed E-state index contributed by atoms with van der Waals surface area (Å²) in [5.41, 5.74) is 2.74. The van der Waals surface area contributed by atoms with Crippen molar-refractivity contribution in [2.75, 3.05) is 11.1 Å². The van der Waals surface area contributed by atoms with Crippen LogP contribution in [0.2, 0.25) is 5.02 Å². The summed E-state index contributed by atoms with van der Waals surface area (Å²) in [6.07, 6.45) is 4.00. The van der Waals surface area contributed by atoms with Gasteiger partial charge < -0.3 is 5.32 Å². The van der Waals surface area contributed by atoms with Crippen molar-refractivity contribution < 1.29 is 9.72 Å². The van der Waals surface area contributed by atoms with Crippen molar-refractivity contribution >= 4 is 40.6 Å². The van der Waals surface area contributed by atoms with Gasteiger partial charge in [0, 0.05) is 17.8 Å². The minimum atomic E-state index is -0.557. The molecular formula is C18H15ClN4O3S. The SMILES string of the molecule is N#Cc1cc2c(nc1SCC(=O)Nc1ccc([N+](=O)[O-])cc1Cl)CCCC2. The molecule has 1 N–H and O–H groups in total. The molecule has 0 unspecified atom stereocenters. The highest BCUT2D eigenvalue weighted by Crippen LogP contribution is 2.29. The van der Waals surface area contributed by atoms with E-state index >= 15 is 0 Å². The van der Waals surface area contributed by atoms with E-state index < -0.39 is 4.92 Å². The van der Waals surface area contributed by atoms with Crippen LogP contribution in [-0.4, -0.2) is 21.6 Å². The predicted molar refractivity (Wildman–Crippen MR) is 103 cm³/mol. The zero-order chi connectivity index (χ0) is 19.4. The molecule has 9 heteroatoms. The van der Waals surface area contributed by atoms with Gasteiger partial charge in [0.05, 0.1) is 26.9 Å². The minimum absolute atomic E-state index is 0.0494. The second-order valence-electron chi connectivity index (χ2n) is 6.02.